The highest BCUT2D eigenvalue weighted by molar-refractivity contribution is 5.98. The van der Waals surface area contributed by atoms with Gasteiger partial charge in [-0.15, -0.1) is 0 Å². The zero-order chi connectivity index (χ0) is 21.4. The monoisotopic (exact) mass is 417 g/mol. The number of benzene rings is 2. The van der Waals surface area contributed by atoms with E-state index in [4.69, 9.17) is 0 Å². The Morgan fingerprint density at radius 2 is 1.87 bits per heavy atom. The Hall–Kier alpha value is -2.17. The third-order valence-electron chi connectivity index (χ3n) is 7.63. The van der Waals surface area contributed by atoms with Crippen LogP contribution in [0.15, 0.2) is 36.4 Å². The van der Waals surface area contributed by atoms with Gasteiger partial charge in [0, 0.05) is 31.2 Å². The molecule has 0 bridgehead atoms. The molecule has 1 unspecified atom stereocenters. The number of piperidine rings is 2. The number of likely N-dealkylation sites (tertiary alicyclic amines) is 1. The highest BCUT2D eigenvalue weighted by atomic mass is 16.2. The summed E-state index contributed by atoms with van der Waals surface area (Å²) in [6.07, 6.45) is 4.69. The van der Waals surface area contributed by atoms with Gasteiger partial charge < -0.3 is 10.2 Å². The highest BCUT2D eigenvalue weighted by Gasteiger charge is 2.34. The van der Waals surface area contributed by atoms with Crippen molar-refractivity contribution in [2.45, 2.75) is 64.6 Å². The lowest BCUT2D eigenvalue weighted by atomic mass is 9.87. The van der Waals surface area contributed by atoms with Crippen molar-refractivity contribution < 1.29 is 4.79 Å². The number of aryl methyl sites for hydroxylation is 2. The van der Waals surface area contributed by atoms with E-state index < -0.39 is 0 Å². The van der Waals surface area contributed by atoms with E-state index in [-0.39, 0.29) is 5.91 Å². The molecular formula is C27H35N3O. The predicted molar refractivity (Wildman–Crippen MR) is 125 cm³/mol. The Morgan fingerprint density at radius 1 is 1.03 bits per heavy atom. The minimum Gasteiger partial charge on any atom is -0.330 e. The van der Waals surface area contributed by atoms with Crippen LogP contribution in [0.2, 0.25) is 0 Å². The summed E-state index contributed by atoms with van der Waals surface area (Å²) in [5.74, 6) is 0.847. The fourth-order valence-electron chi connectivity index (χ4n) is 5.65. The van der Waals surface area contributed by atoms with Crippen LogP contribution in [0.25, 0.3) is 0 Å². The molecule has 1 atom stereocenters. The summed E-state index contributed by atoms with van der Waals surface area (Å²) < 4.78 is 0. The van der Waals surface area contributed by atoms with Gasteiger partial charge in [0.1, 0.15) is 0 Å². The summed E-state index contributed by atoms with van der Waals surface area (Å²) in [5.41, 5.74) is 7.82. The lowest BCUT2D eigenvalue weighted by Gasteiger charge is -2.32. The number of hydrogen-bond donors (Lipinski definition) is 1. The maximum Gasteiger partial charge on any atom is 0.254 e. The number of rotatable bonds is 4. The third kappa shape index (κ3) is 4.28. The molecule has 2 aromatic rings. The molecule has 0 spiro atoms. The van der Waals surface area contributed by atoms with E-state index in [2.05, 4.69) is 65.4 Å². The van der Waals surface area contributed by atoms with Crippen LogP contribution in [0.3, 0.4) is 0 Å². The summed E-state index contributed by atoms with van der Waals surface area (Å²) >= 11 is 0. The van der Waals surface area contributed by atoms with Gasteiger partial charge in [0.15, 0.2) is 0 Å². The number of carbonyl (C=O) groups is 1. The van der Waals surface area contributed by atoms with Crippen molar-refractivity contribution in [1.29, 1.82) is 0 Å². The van der Waals surface area contributed by atoms with Gasteiger partial charge in [0.25, 0.3) is 5.91 Å². The van der Waals surface area contributed by atoms with Crippen molar-refractivity contribution in [3.8, 4) is 0 Å². The summed E-state index contributed by atoms with van der Waals surface area (Å²) in [4.78, 5) is 17.7. The van der Waals surface area contributed by atoms with Gasteiger partial charge in [-0.3, -0.25) is 9.69 Å². The predicted octanol–water partition coefficient (Wildman–Crippen LogP) is 4.39. The SMILES string of the molecule is Cc1ccc(C)c(CN2CCC(c3ccc4c(c3)CN(C3CCCNC3)C4=O)CC2)c1. The lowest BCUT2D eigenvalue weighted by Crippen LogP contribution is -2.46. The van der Waals surface area contributed by atoms with E-state index in [9.17, 15) is 4.79 Å². The van der Waals surface area contributed by atoms with Crippen molar-refractivity contribution in [3.63, 3.8) is 0 Å². The maximum atomic E-state index is 12.9. The largest absolute Gasteiger partial charge is 0.330 e. The smallest absolute Gasteiger partial charge is 0.254 e. The molecule has 0 saturated carbocycles. The topological polar surface area (TPSA) is 35.6 Å². The normalized spacial score (nSPS) is 22.7. The molecule has 164 valence electrons. The maximum absolute atomic E-state index is 12.9. The van der Waals surface area contributed by atoms with Crippen LogP contribution >= 0.6 is 0 Å². The van der Waals surface area contributed by atoms with Crippen LogP contribution in [-0.4, -0.2) is 47.9 Å². The molecule has 2 fully saturated rings. The average Bonchev–Trinajstić information content (AvgIpc) is 3.13. The molecule has 2 aromatic carbocycles. The molecule has 3 heterocycles. The van der Waals surface area contributed by atoms with Crippen LogP contribution in [0.5, 0.6) is 0 Å². The van der Waals surface area contributed by atoms with Crippen LogP contribution in [0.4, 0.5) is 0 Å². The van der Waals surface area contributed by atoms with Crippen LogP contribution in [0, 0.1) is 13.8 Å². The molecule has 0 radical (unpaired) electrons. The molecule has 3 aliphatic rings. The average molecular weight is 418 g/mol. The third-order valence-corrected chi connectivity index (χ3v) is 7.63. The first kappa shape index (κ1) is 20.7. The second-order valence-corrected chi connectivity index (χ2v) is 9.83. The zero-order valence-electron chi connectivity index (χ0n) is 19.0. The number of nitrogens with one attached hydrogen (secondary N) is 1. The van der Waals surface area contributed by atoms with E-state index in [0.717, 1.165) is 57.7 Å². The van der Waals surface area contributed by atoms with E-state index in [1.807, 2.05) is 0 Å². The van der Waals surface area contributed by atoms with Crippen molar-refractivity contribution in [3.05, 3.63) is 69.8 Å². The standard InChI is InChI=1S/C27H35N3O/c1-19-5-6-20(2)23(14-19)17-29-12-9-21(10-13-29)22-7-8-26-24(15-22)18-30(27(26)31)25-4-3-11-28-16-25/h5-8,14-15,21,25,28H,3-4,9-13,16-18H2,1-2H3. The molecule has 3 aliphatic heterocycles. The van der Waals surface area contributed by atoms with Crippen molar-refractivity contribution in [2.75, 3.05) is 26.2 Å². The second-order valence-electron chi connectivity index (χ2n) is 9.83. The molecule has 2 saturated heterocycles. The van der Waals surface area contributed by atoms with Crippen LogP contribution < -0.4 is 5.32 Å². The second kappa shape index (κ2) is 8.76. The zero-order valence-corrected chi connectivity index (χ0v) is 19.0. The Kier molecular flexibility index (Phi) is 5.85. The molecule has 4 nitrogen and oxygen atoms in total. The van der Waals surface area contributed by atoms with Crippen molar-refractivity contribution >= 4 is 5.91 Å². The number of amides is 1. The lowest BCUT2D eigenvalue weighted by molar-refractivity contribution is 0.0674. The van der Waals surface area contributed by atoms with Crippen LogP contribution in [0.1, 0.15) is 69.8 Å². The van der Waals surface area contributed by atoms with Gasteiger partial charge >= 0.3 is 0 Å². The van der Waals surface area contributed by atoms with E-state index in [1.165, 1.54) is 40.7 Å². The summed E-state index contributed by atoms with van der Waals surface area (Å²) in [6, 6.07) is 13.8. The first-order valence-corrected chi connectivity index (χ1v) is 12.0. The van der Waals surface area contributed by atoms with Gasteiger partial charge in [-0.25, -0.2) is 0 Å². The molecule has 4 heteroatoms. The Labute approximate surface area is 186 Å². The van der Waals surface area contributed by atoms with Gasteiger partial charge in [-0.1, -0.05) is 35.9 Å². The van der Waals surface area contributed by atoms with E-state index in [1.54, 1.807) is 0 Å². The Morgan fingerprint density at radius 3 is 2.65 bits per heavy atom. The van der Waals surface area contributed by atoms with Gasteiger partial charge in [-0.2, -0.15) is 0 Å². The van der Waals surface area contributed by atoms with Gasteiger partial charge in [0.05, 0.1) is 0 Å². The summed E-state index contributed by atoms with van der Waals surface area (Å²) in [6.45, 7) is 10.6. The number of hydrogen-bond acceptors (Lipinski definition) is 3. The Bertz CT molecular complexity index is 955. The number of nitrogens with zero attached hydrogens (tertiary/aromatic N) is 2. The first-order valence-electron chi connectivity index (χ1n) is 12.0. The fraction of sp³-hybridized carbons (Fsp3) is 0.519. The molecule has 0 aromatic heterocycles. The minimum absolute atomic E-state index is 0.235. The minimum atomic E-state index is 0.235. The van der Waals surface area contributed by atoms with E-state index >= 15 is 0 Å². The Balaban J connectivity index is 1.22. The molecular weight excluding hydrogens is 382 g/mol. The molecule has 0 aliphatic carbocycles. The first-order chi connectivity index (χ1) is 15.1. The highest BCUT2D eigenvalue weighted by Crippen LogP contribution is 2.33. The summed E-state index contributed by atoms with van der Waals surface area (Å²) in [5, 5.41) is 3.45. The fourth-order valence-corrected chi connectivity index (χ4v) is 5.65. The molecule has 1 N–H and O–H groups in total. The van der Waals surface area contributed by atoms with Gasteiger partial charge in [0.2, 0.25) is 0 Å². The molecule has 5 rings (SSSR count). The number of fused-ring (bicyclic) bond motifs is 1. The van der Waals surface area contributed by atoms with Gasteiger partial charge in [-0.05, 0) is 93.4 Å². The molecule has 1 amide bonds. The number of carbonyl (C=O) groups excluding carboxylic acids is 1. The quantitative estimate of drug-likeness (QED) is 0.801. The van der Waals surface area contributed by atoms with Crippen molar-refractivity contribution in [1.82, 2.24) is 15.1 Å². The van der Waals surface area contributed by atoms with Crippen LogP contribution in [-0.2, 0) is 13.1 Å². The van der Waals surface area contributed by atoms with Crippen molar-refractivity contribution in [2.24, 2.45) is 0 Å². The summed E-state index contributed by atoms with van der Waals surface area (Å²) in [7, 11) is 0. The van der Waals surface area contributed by atoms with E-state index in [0.29, 0.717) is 12.0 Å². The molecule has 31 heavy (non-hydrogen) atoms.